The highest BCUT2D eigenvalue weighted by Crippen LogP contribution is 2.35. The van der Waals surface area contributed by atoms with Crippen molar-refractivity contribution in [2.24, 2.45) is 0 Å². The molecule has 0 atom stereocenters. The maximum Gasteiger partial charge on any atom is 0.435 e. The minimum absolute atomic E-state index is 0.205. The fourth-order valence-electron chi connectivity index (χ4n) is 3.20. The van der Waals surface area contributed by atoms with Crippen molar-refractivity contribution in [3.8, 4) is 5.75 Å². The van der Waals surface area contributed by atoms with E-state index in [1.807, 2.05) is 0 Å². The molecular formula is C18H20F3N3O2. The molecule has 1 heterocycles. The van der Waals surface area contributed by atoms with Crippen molar-refractivity contribution in [3.63, 3.8) is 0 Å². The molecule has 0 bridgehead atoms. The van der Waals surface area contributed by atoms with Crippen LogP contribution in [0.2, 0.25) is 0 Å². The average molecular weight is 367 g/mol. The molecule has 0 unspecified atom stereocenters. The number of benzene rings is 1. The lowest BCUT2D eigenvalue weighted by Gasteiger charge is -2.15. The summed E-state index contributed by atoms with van der Waals surface area (Å²) in [6.07, 6.45) is -1.85. The first-order valence-corrected chi connectivity index (χ1v) is 8.48. The van der Waals surface area contributed by atoms with Crippen molar-refractivity contribution < 1.29 is 22.7 Å². The van der Waals surface area contributed by atoms with Gasteiger partial charge in [0, 0.05) is 23.4 Å². The largest absolute Gasteiger partial charge is 0.497 e. The van der Waals surface area contributed by atoms with Crippen LogP contribution >= 0.6 is 0 Å². The number of carbonyl (C=O) groups excluding carboxylic acids is 1. The van der Waals surface area contributed by atoms with Crippen LogP contribution in [0.25, 0.3) is 0 Å². The lowest BCUT2D eigenvalue weighted by atomic mass is 9.95. The van der Waals surface area contributed by atoms with Crippen LogP contribution in [0.3, 0.4) is 0 Å². The summed E-state index contributed by atoms with van der Waals surface area (Å²) in [6, 6.07) is 6.61. The van der Waals surface area contributed by atoms with Gasteiger partial charge in [0.1, 0.15) is 5.75 Å². The number of carbonyl (C=O) groups is 1. The predicted octanol–water partition coefficient (Wildman–Crippen LogP) is 3.22. The summed E-state index contributed by atoms with van der Waals surface area (Å²) in [5.41, 5.74) is 0.630. The minimum atomic E-state index is -4.45. The second-order valence-corrected chi connectivity index (χ2v) is 6.19. The van der Waals surface area contributed by atoms with Crippen molar-refractivity contribution in [2.75, 3.05) is 13.7 Å². The molecule has 0 saturated carbocycles. The quantitative estimate of drug-likeness (QED) is 0.883. The zero-order chi connectivity index (χ0) is 18.7. The smallest absolute Gasteiger partial charge is 0.435 e. The molecule has 1 amide bonds. The summed E-state index contributed by atoms with van der Waals surface area (Å²) in [4.78, 5) is 12.1. The van der Waals surface area contributed by atoms with Gasteiger partial charge in [-0.15, -0.1) is 0 Å². The maximum absolute atomic E-state index is 13.2. The molecule has 0 radical (unpaired) electrons. The average Bonchev–Trinajstić information content (AvgIpc) is 3.01. The van der Waals surface area contributed by atoms with Crippen molar-refractivity contribution in [3.05, 3.63) is 46.8 Å². The van der Waals surface area contributed by atoms with Crippen molar-refractivity contribution in [1.82, 2.24) is 15.1 Å². The Hall–Kier alpha value is -2.51. The number of alkyl halides is 3. The van der Waals surface area contributed by atoms with Crippen LogP contribution in [0.4, 0.5) is 13.2 Å². The number of amides is 1. The van der Waals surface area contributed by atoms with E-state index in [9.17, 15) is 18.0 Å². The first kappa shape index (κ1) is 18.3. The fourth-order valence-corrected chi connectivity index (χ4v) is 3.20. The number of ether oxygens (including phenoxy) is 1. The van der Waals surface area contributed by atoms with Crippen LogP contribution in [0, 0.1) is 0 Å². The van der Waals surface area contributed by atoms with Crippen molar-refractivity contribution >= 4 is 5.91 Å². The Kier molecular flexibility index (Phi) is 5.20. The predicted molar refractivity (Wildman–Crippen MR) is 89.2 cm³/mol. The minimum Gasteiger partial charge on any atom is -0.497 e. The Morgan fingerprint density at radius 3 is 2.58 bits per heavy atom. The summed E-state index contributed by atoms with van der Waals surface area (Å²) >= 11 is 0. The van der Waals surface area contributed by atoms with E-state index in [-0.39, 0.29) is 19.0 Å². The third-order valence-corrected chi connectivity index (χ3v) is 4.49. The van der Waals surface area contributed by atoms with E-state index < -0.39 is 11.9 Å². The molecule has 0 aliphatic heterocycles. The zero-order valence-corrected chi connectivity index (χ0v) is 14.4. The van der Waals surface area contributed by atoms with Gasteiger partial charge in [-0.25, -0.2) is 0 Å². The van der Waals surface area contributed by atoms with Crippen LogP contribution in [0.1, 0.15) is 40.2 Å². The number of hydrogen-bond acceptors (Lipinski definition) is 3. The van der Waals surface area contributed by atoms with E-state index in [0.29, 0.717) is 35.4 Å². The van der Waals surface area contributed by atoms with Crippen LogP contribution in [-0.4, -0.2) is 29.3 Å². The molecular weight excluding hydrogens is 347 g/mol. The number of methoxy groups -OCH3 is 1. The van der Waals surface area contributed by atoms with Crippen molar-refractivity contribution in [1.29, 1.82) is 0 Å². The molecule has 2 aromatic rings. The van der Waals surface area contributed by atoms with Crippen LogP contribution in [0.5, 0.6) is 5.75 Å². The standard InChI is InChI=1S/C18H20F3N3O2/c1-26-13-8-6-12(7-9-13)17(25)22-10-11-24-15-5-3-2-4-14(15)16(23-24)18(19,20)21/h6-9H,2-5,10-11H2,1H3,(H,22,25). The molecule has 0 saturated heterocycles. The monoisotopic (exact) mass is 367 g/mol. The van der Waals surface area contributed by atoms with Gasteiger partial charge in [0.25, 0.3) is 5.91 Å². The summed E-state index contributed by atoms with van der Waals surface area (Å²) in [7, 11) is 1.54. The third-order valence-electron chi connectivity index (χ3n) is 4.49. The van der Waals surface area contributed by atoms with Gasteiger partial charge in [-0.3, -0.25) is 9.48 Å². The lowest BCUT2D eigenvalue weighted by molar-refractivity contribution is -0.142. The molecule has 26 heavy (non-hydrogen) atoms. The normalized spacial score (nSPS) is 14.0. The summed E-state index contributed by atoms with van der Waals surface area (Å²) in [6.45, 7) is 0.413. The number of fused-ring (bicyclic) bond motifs is 1. The SMILES string of the molecule is COc1ccc(C(=O)NCCn2nc(C(F)(F)F)c3c2CCCC3)cc1. The fraction of sp³-hybridized carbons (Fsp3) is 0.444. The Morgan fingerprint density at radius 2 is 1.92 bits per heavy atom. The van der Waals surface area contributed by atoms with Gasteiger partial charge in [0.2, 0.25) is 0 Å². The van der Waals surface area contributed by atoms with Crippen molar-refractivity contribution in [2.45, 2.75) is 38.4 Å². The summed E-state index contributed by atoms with van der Waals surface area (Å²) < 4.78 is 45.9. The molecule has 1 aromatic carbocycles. The van der Waals surface area contributed by atoms with Crippen LogP contribution in [0.15, 0.2) is 24.3 Å². The van der Waals surface area contributed by atoms with Gasteiger partial charge in [0.05, 0.1) is 13.7 Å². The van der Waals surface area contributed by atoms with Gasteiger partial charge in [0.15, 0.2) is 5.69 Å². The number of hydrogen-bond donors (Lipinski definition) is 1. The number of rotatable bonds is 5. The molecule has 140 valence electrons. The first-order valence-electron chi connectivity index (χ1n) is 8.48. The number of aromatic nitrogens is 2. The second kappa shape index (κ2) is 7.39. The Labute approximate surface area is 149 Å². The molecule has 1 aromatic heterocycles. The van der Waals surface area contributed by atoms with E-state index in [1.165, 1.54) is 11.8 Å². The van der Waals surface area contributed by atoms with Gasteiger partial charge in [-0.05, 0) is 49.9 Å². The molecule has 8 heteroatoms. The van der Waals surface area contributed by atoms with Gasteiger partial charge < -0.3 is 10.1 Å². The summed E-state index contributed by atoms with van der Waals surface area (Å²) in [5.74, 6) is 0.356. The Bertz CT molecular complexity index is 782. The van der Waals surface area contributed by atoms with E-state index in [2.05, 4.69) is 10.4 Å². The van der Waals surface area contributed by atoms with Gasteiger partial charge in [-0.1, -0.05) is 0 Å². The highest BCUT2D eigenvalue weighted by molar-refractivity contribution is 5.94. The molecule has 1 aliphatic carbocycles. The molecule has 1 N–H and O–H groups in total. The van der Waals surface area contributed by atoms with Crippen LogP contribution in [-0.2, 0) is 25.6 Å². The second-order valence-electron chi connectivity index (χ2n) is 6.19. The highest BCUT2D eigenvalue weighted by Gasteiger charge is 2.39. The maximum atomic E-state index is 13.2. The number of nitrogens with zero attached hydrogens (tertiary/aromatic N) is 2. The van der Waals surface area contributed by atoms with Gasteiger partial charge >= 0.3 is 6.18 Å². The number of halogens is 3. The van der Waals surface area contributed by atoms with Gasteiger partial charge in [-0.2, -0.15) is 18.3 Å². The van der Waals surface area contributed by atoms with E-state index in [4.69, 9.17) is 4.74 Å². The Balaban J connectivity index is 1.66. The zero-order valence-electron chi connectivity index (χ0n) is 14.4. The van der Waals surface area contributed by atoms with E-state index >= 15 is 0 Å². The third kappa shape index (κ3) is 3.84. The summed E-state index contributed by atoms with van der Waals surface area (Å²) in [5, 5.41) is 6.50. The molecule has 1 aliphatic rings. The van der Waals surface area contributed by atoms with E-state index in [0.717, 1.165) is 12.8 Å². The molecule has 3 rings (SSSR count). The highest BCUT2D eigenvalue weighted by atomic mass is 19.4. The van der Waals surface area contributed by atoms with E-state index in [1.54, 1.807) is 24.3 Å². The van der Waals surface area contributed by atoms with Crippen LogP contribution < -0.4 is 10.1 Å². The molecule has 5 nitrogen and oxygen atoms in total. The molecule has 0 fully saturated rings. The number of nitrogens with one attached hydrogen (secondary N) is 1. The Morgan fingerprint density at radius 1 is 1.23 bits per heavy atom. The topological polar surface area (TPSA) is 56.1 Å². The molecule has 0 spiro atoms. The lowest BCUT2D eigenvalue weighted by Crippen LogP contribution is -2.28. The first-order chi connectivity index (χ1) is 12.4.